The first kappa shape index (κ1) is 14.0. The minimum Gasteiger partial charge on any atom is -0.383 e. The first-order valence-electron chi connectivity index (χ1n) is 5.70. The molecule has 1 unspecified atom stereocenters. The molecule has 1 aromatic carbocycles. The zero-order valence-electron chi connectivity index (χ0n) is 10.3. The van der Waals surface area contributed by atoms with E-state index in [1.54, 1.807) is 24.3 Å². The van der Waals surface area contributed by atoms with Gasteiger partial charge in [0.25, 0.3) is 0 Å². The summed E-state index contributed by atoms with van der Waals surface area (Å²) in [5.41, 5.74) is 6.38. The van der Waals surface area contributed by atoms with Gasteiger partial charge in [0.15, 0.2) is 9.84 Å². The van der Waals surface area contributed by atoms with E-state index in [0.717, 1.165) is 18.5 Å². The molecule has 1 rings (SSSR count). The van der Waals surface area contributed by atoms with Crippen LogP contribution in [-0.2, 0) is 9.84 Å². The highest BCUT2D eigenvalue weighted by atomic mass is 32.2. The summed E-state index contributed by atoms with van der Waals surface area (Å²) in [4.78, 5) is 0.345. The molecular formula is C12H20N2O2S. The Kier molecular flexibility index (Phi) is 4.96. The maximum atomic E-state index is 11.3. The molecule has 0 aliphatic rings. The standard InChI is InChI=1S/C12H20N2O2S/c1-10(4-3-9-13)14-11-5-7-12(8-6-11)17(2,15)16/h5-8,10,14H,3-4,9,13H2,1-2H3. The molecule has 17 heavy (non-hydrogen) atoms. The van der Waals surface area contributed by atoms with Gasteiger partial charge in [-0.3, -0.25) is 0 Å². The summed E-state index contributed by atoms with van der Waals surface area (Å²) in [5, 5.41) is 3.30. The summed E-state index contributed by atoms with van der Waals surface area (Å²) in [7, 11) is -3.11. The molecule has 0 aliphatic carbocycles. The van der Waals surface area contributed by atoms with Gasteiger partial charge in [-0.25, -0.2) is 8.42 Å². The Bertz CT molecular complexity index is 440. The second-order valence-corrected chi connectivity index (χ2v) is 6.29. The third kappa shape index (κ3) is 4.75. The van der Waals surface area contributed by atoms with Crippen LogP contribution in [0.2, 0.25) is 0 Å². The highest BCUT2D eigenvalue weighted by Crippen LogP contribution is 2.15. The average molecular weight is 256 g/mol. The molecule has 3 N–H and O–H groups in total. The van der Waals surface area contributed by atoms with Gasteiger partial charge in [-0.05, 0) is 50.6 Å². The lowest BCUT2D eigenvalue weighted by Gasteiger charge is -2.14. The molecule has 0 heterocycles. The summed E-state index contributed by atoms with van der Waals surface area (Å²) in [6.07, 6.45) is 3.19. The first-order valence-corrected chi connectivity index (χ1v) is 7.59. The van der Waals surface area contributed by atoms with Crippen molar-refractivity contribution in [3.8, 4) is 0 Å². The summed E-state index contributed by atoms with van der Waals surface area (Å²) in [6.45, 7) is 2.78. The highest BCUT2D eigenvalue weighted by molar-refractivity contribution is 7.90. The van der Waals surface area contributed by atoms with Crippen LogP contribution in [0.4, 0.5) is 5.69 Å². The number of anilines is 1. The molecular weight excluding hydrogens is 236 g/mol. The van der Waals surface area contributed by atoms with Gasteiger partial charge in [0.2, 0.25) is 0 Å². The van der Waals surface area contributed by atoms with Gasteiger partial charge >= 0.3 is 0 Å². The normalized spacial score (nSPS) is 13.4. The van der Waals surface area contributed by atoms with E-state index in [2.05, 4.69) is 12.2 Å². The predicted octanol–water partition coefficient (Wildman–Crippen LogP) is 1.63. The minimum atomic E-state index is -3.11. The Morgan fingerprint density at radius 2 is 1.88 bits per heavy atom. The van der Waals surface area contributed by atoms with Crippen LogP contribution in [0, 0.1) is 0 Å². The molecule has 5 heteroatoms. The van der Waals surface area contributed by atoms with Crippen LogP contribution < -0.4 is 11.1 Å². The Hall–Kier alpha value is -1.07. The molecule has 0 aliphatic heterocycles. The molecule has 1 atom stereocenters. The van der Waals surface area contributed by atoms with Gasteiger partial charge in [0, 0.05) is 18.0 Å². The zero-order valence-corrected chi connectivity index (χ0v) is 11.1. The van der Waals surface area contributed by atoms with E-state index in [0.29, 0.717) is 17.5 Å². The lowest BCUT2D eigenvalue weighted by Crippen LogP contribution is -2.16. The molecule has 0 aromatic heterocycles. The van der Waals surface area contributed by atoms with E-state index in [4.69, 9.17) is 5.73 Å². The number of benzene rings is 1. The fraction of sp³-hybridized carbons (Fsp3) is 0.500. The van der Waals surface area contributed by atoms with Crippen molar-refractivity contribution in [1.82, 2.24) is 0 Å². The van der Waals surface area contributed by atoms with Gasteiger partial charge < -0.3 is 11.1 Å². The van der Waals surface area contributed by atoms with Gasteiger partial charge in [0.05, 0.1) is 4.90 Å². The number of hydrogen-bond donors (Lipinski definition) is 2. The van der Waals surface area contributed by atoms with E-state index < -0.39 is 9.84 Å². The maximum absolute atomic E-state index is 11.3. The minimum absolute atomic E-state index is 0.336. The van der Waals surface area contributed by atoms with Gasteiger partial charge in [-0.15, -0.1) is 0 Å². The first-order chi connectivity index (χ1) is 7.93. The summed E-state index contributed by atoms with van der Waals surface area (Å²) in [6, 6.07) is 7.15. The van der Waals surface area contributed by atoms with Crippen molar-refractivity contribution >= 4 is 15.5 Å². The summed E-state index contributed by atoms with van der Waals surface area (Å²) >= 11 is 0. The highest BCUT2D eigenvalue weighted by Gasteiger charge is 2.07. The second-order valence-electron chi connectivity index (χ2n) is 4.27. The van der Waals surface area contributed by atoms with E-state index in [1.165, 1.54) is 6.26 Å². The molecule has 0 amide bonds. The molecule has 4 nitrogen and oxygen atoms in total. The van der Waals surface area contributed by atoms with Crippen molar-refractivity contribution in [2.75, 3.05) is 18.1 Å². The average Bonchev–Trinajstić information content (AvgIpc) is 2.26. The molecule has 0 radical (unpaired) electrons. The van der Waals surface area contributed by atoms with Crippen molar-refractivity contribution in [3.05, 3.63) is 24.3 Å². The number of hydrogen-bond acceptors (Lipinski definition) is 4. The van der Waals surface area contributed by atoms with Crippen LogP contribution >= 0.6 is 0 Å². The third-order valence-corrected chi connectivity index (χ3v) is 3.67. The van der Waals surface area contributed by atoms with Crippen LogP contribution in [0.3, 0.4) is 0 Å². The van der Waals surface area contributed by atoms with Crippen LogP contribution in [-0.4, -0.2) is 27.3 Å². The van der Waals surface area contributed by atoms with Crippen molar-refractivity contribution in [1.29, 1.82) is 0 Å². The van der Waals surface area contributed by atoms with Crippen LogP contribution in [0.15, 0.2) is 29.2 Å². The summed E-state index contributed by atoms with van der Waals surface area (Å²) in [5.74, 6) is 0. The predicted molar refractivity (Wildman–Crippen MR) is 70.9 cm³/mol. The van der Waals surface area contributed by atoms with Crippen molar-refractivity contribution < 1.29 is 8.42 Å². The SMILES string of the molecule is CC(CCCN)Nc1ccc(S(C)(=O)=O)cc1. The van der Waals surface area contributed by atoms with E-state index in [1.807, 2.05) is 0 Å². The van der Waals surface area contributed by atoms with E-state index in [-0.39, 0.29) is 0 Å². The smallest absolute Gasteiger partial charge is 0.175 e. The van der Waals surface area contributed by atoms with Crippen molar-refractivity contribution in [2.24, 2.45) is 5.73 Å². The molecule has 1 aromatic rings. The van der Waals surface area contributed by atoms with Gasteiger partial charge in [0.1, 0.15) is 0 Å². The van der Waals surface area contributed by atoms with Crippen LogP contribution in [0.1, 0.15) is 19.8 Å². The molecule has 96 valence electrons. The van der Waals surface area contributed by atoms with Crippen LogP contribution in [0.5, 0.6) is 0 Å². The molecule has 0 fully saturated rings. The van der Waals surface area contributed by atoms with E-state index >= 15 is 0 Å². The number of nitrogens with one attached hydrogen (secondary N) is 1. The third-order valence-electron chi connectivity index (χ3n) is 2.54. The van der Waals surface area contributed by atoms with Crippen molar-refractivity contribution in [3.63, 3.8) is 0 Å². The maximum Gasteiger partial charge on any atom is 0.175 e. The monoisotopic (exact) mass is 256 g/mol. The van der Waals surface area contributed by atoms with Gasteiger partial charge in [-0.1, -0.05) is 0 Å². The van der Waals surface area contributed by atoms with Gasteiger partial charge in [-0.2, -0.15) is 0 Å². The molecule has 0 bridgehead atoms. The lowest BCUT2D eigenvalue weighted by atomic mass is 10.1. The quantitative estimate of drug-likeness (QED) is 0.811. The lowest BCUT2D eigenvalue weighted by molar-refractivity contribution is 0.602. The number of rotatable bonds is 6. The Morgan fingerprint density at radius 3 is 2.35 bits per heavy atom. The molecule has 0 spiro atoms. The second kappa shape index (κ2) is 6.02. The largest absolute Gasteiger partial charge is 0.383 e. The Balaban J connectivity index is 2.63. The van der Waals surface area contributed by atoms with Crippen molar-refractivity contribution in [2.45, 2.75) is 30.7 Å². The Labute approximate surface area is 103 Å². The Morgan fingerprint density at radius 1 is 1.29 bits per heavy atom. The summed E-state index contributed by atoms with van der Waals surface area (Å²) < 4.78 is 22.5. The fourth-order valence-electron chi connectivity index (χ4n) is 1.58. The van der Waals surface area contributed by atoms with E-state index in [9.17, 15) is 8.42 Å². The molecule has 0 saturated carbocycles. The molecule has 0 saturated heterocycles. The number of sulfone groups is 1. The fourth-order valence-corrected chi connectivity index (χ4v) is 2.21. The van der Waals surface area contributed by atoms with Crippen LogP contribution in [0.25, 0.3) is 0 Å². The number of nitrogens with two attached hydrogens (primary N) is 1. The zero-order chi connectivity index (χ0) is 12.9. The topological polar surface area (TPSA) is 72.2 Å².